The van der Waals surface area contributed by atoms with Crippen LogP contribution >= 0.6 is 0 Å². The third kappa shape index (κ3) is 4.08. The van der Waals surface area contributed by atoms with Gasteiger partial charge in [-0.1, -0.05) is 24.3 Å². The first-order valence-corrected chi connectivity index (χ1v) is 7.68. The van der Waals surface area contributed by atoms with E-state index in [0.717, 1.165) is 23.4 Å². The number of hydrogen-bond acceptors (Lipinski definition) is 3. The van der Waals surface area contributed by atoms with Gasteiger partial charge in [-0.3, -0.25) is 4.79 Å². The molecule has 1 amide bonds. The first-order chi connectivity index (χ1) is 11.7. The van der Waals surface area contributed by atoms with E-state index in [4.69, 9.17) is 4.74 Å². The number of imidazole rings is 1. The average molecular weight is 321 g/mol. The van der Waals surface area contributed by atoms with Crippen molar-refractivity contribution in [2.45, 2.75) is 13.2 Å². The Labute approximate surface area is 140 Å². The highest BCUT2D eigenvalue weighted by atomic mass is 16.5. The van der Waals surface area contributed by atoms with Crippen molar-refractivity contribution in [2.24, 2.45) is 0 Å². The van der Waals surface area contributed by atoms with Crippen LogP contribution in [0.5, 0.6) is 0 Å². The molecule has 1 heterocycles. The minimum absolute atomic E-state index is 0.126. The molecule has 1 N–H and O–H groups in total. The molecule has 0 atom stereocenters. The van der Waals surface area contributed by atoms with Gasteiger partial charge in [0.2, 0.25) is 0 Å². The summed E-state index contributed by atoms with van der Waals surface area (Å²) >= 11 is 0. The van der Waals surface area contributed by atoms with Gasteiger partial charge in [0.15, 0.2) is 0 Å². The highest BCUT2D eigenvalue weighted by Gasteiger charge is 2.07. The van der Waals surface area contributed by atoms with E-state index in [9.17, 15) is 4.79 Å². The molecule has 0 radical (unpaired) electrons. The minimum Gasteiger partial charge on any atom is -0.380 e. The molecule has 0 aliphatic rings. The Hall–Kier alpha value is -2.92. The van der Waals surface area contributed by atoms with Crippen molar-refractivity contribution < 1.29 is 9.53 Å². The molecule has 24 heavy (non-hydrogen) atoms. The summed E-state index contributed by atoms with van der Waals surface area (Å²) in [4.78, 5) is 16.4. The lowest BCUT2D eigenvalue weighted by Gasteiger charge is -2.08. The van der Waals surface area contributed by atoms with Crippen LogP contribution in [0.4, 0.5) is 5.69 Å². The quantitative estimate of drug-likeness (QED) is 0.757. The van der Waals surface area contributed by atoms with Crippen molar-refractivity contribution in [3.8, 4) is 0 Å². The zero-order valence-electron chi connectivity index (χ0n) is 13.5. The second kappa shape index (κ2) is 7.57. The molecule has 0 fully saturated rings. The van der Waals surface area contributed by atoms with E-state index in [1.54, 1.807) is 19.6 Å². The molecule has 0 saturated carbocycles. The SMILES string of the molecule is COCc1cccc(NC(=O)c2ccc(Cn3ccnc3)cc2)c1. The van der Waals surface area contributed by atoms with Gasteiger partial charge in [0.25, 0.3) is 5.91 Å². The topological polar surface area (TPSA) is 56.1 Å². The molecule has 5 nitrogen and oxygen atoms in total. The number of methoxy groups -OCH3 is 1. The fourth-order valence-electron chi connectivity index (χ4n) is 2.46. The van der Waals surface area contributed by atoms with E-state index >= 15 is 0 Å². The van der Waals surface area contributed by atoms with Crippen molar-refractivity contribution >= 4 is 11.6 Å². The lowest BCUT2D eigenvalue weighted by Crippen LogP contribution is -2.12. The first kappa shape index (κ1) is 16.0. The Morgan fingerprint density at radius 3 is 2.71 bits per heavy atom. The van der Waals surface area contributed by atoms with Crippen LogP contribution in [0.15, 0.2) is 67.3 Å². The van der Waals surface area contributed by atoms with E-state index in [1.165, 1.54) is 0 Å². The fraction of sp³-hybridized carbons (Fsp3) is 0.158. The summed E-state index contributed by atoms with van der Waals surface area (Å²) in [5.74, 6) is -0.126. The third-order valence-electron chi connectivity index (χ3n) is 3.64. The predicted octanol–water partition coefficient (Wildman–Crippen LogP) is 3.33. The van der Waals surface area contributed by atoms with Gasteiger partial charge in [-0.2, -0.15) is 0 Å². The van der Waals surface area contributed by atoms with E-state index in [-0.39, 0.29) is 5.91 Å². The molecule has 122 valence electrons. The van der Waals surface area contributed by atoms with Crippen molar-refractivity contribution in [1.82, 2.24) is 9.55 Å². The fourth-order valence-corrected chi connectivity index (χ4v) is 2.46. The summed E-state index contributed by atoms with van der Waals surface area (Å²) in [6.07, 6.45) is 5.43. The summed E-state index contributed by atoms with van der Waals surface area (Å²) in [6.45, 7) is 1.26. The molecule has 0 unspecified atom stereocenters. The smallest absolute Gasteiger partial charge is 0.255 e. The number of carbonyl (C=O) groups excluding carboxylic acids is 1. The van der Waals surface area contributed by atoms with Crippen LogP contribution in [0.25, 0.3) is 0 Å². The normalized spacial score (nSPS) is 10.5. The number of rotatable bonds is 6. The van der Waals surface area contributed by atoms with Gasteiger partial charge in [0.05, 0.1) is 12.9 Å². The third-order valence-corrected chi connectivity index (χ3v) is 3.64. The van der Waals surface area contributed by atoms with Gasteiger partial charge in [-0.25, -0.2) is 4.98 Å². The maximum Gasteiger partial charge on any atom is 0.255 e. The minimum atomic E-state index is -0.126. The number of anilines is 1. The molecular formula is C19H19N3O2. The number of benzene rings is 2. The van der Waals surface area contributed by atoms with Gasteiger partial charge >= 0.3 is 0 Å². The van der Waals surface area contributed by atoms with Crippen LogP contribution in [0.2, 0.25) is 0 Å². The van der Waals surface area contributed by atoms with Crippen LogP contribution in [0.1, 0.15) is 21.5 Å². The number of amides is 1. The van der Waals surface area contributed by atoms with Crippen molar-refractivity contribution in [3.63, 3.8) is 0 Å². The molecule has 0 bridgehead atoms. The van der Waals surface area contributed by atoms with Crippen LogP contribution < -0.4 is 5.32 Å². The van der Waals surface area contributed by atoms with Gasteiger partial charge < -0.3 is 14.6 Å². The first-order valence-electron chi connectivity index (χ1n) is 7.68. The number of nitrogens with zero attached hydrogens (tertiary/aromatic N) is 2. The van der Waals surface area contributed by atoms with Crippen molar-refractivity contribution in [1.29, 1.82) is 0 Å². The zero-order chi connectivity index (χ0) is 16.8. The number of hydrogen-bond donors (Lipinski definition) is 1. The van der Waals surface area contributed by atoms with Crippen LogP contribution in [-0.4, -0.2) is 22.6 Å². The largest absolute Gasteiger partial charge is 0.380 e. The summed E-state index contributed by atoms with van der Waals surface area (Å²) < 4.78 is 7.09. The predicted molar refractivity (Wildman–Crippen MR) is 92.9 cm³/mol. The summed E-state index contributed by atoms with van der Waals surface area (Å²) in [5, 5.41) is 2.91. The van der Waals surface area contributed by atoms with Gasteiger partial charge in [-0.05, 0) is 35.4 Å². The highest BCUT2D eigenvalue weighted by Crippen LogP contribution is 2.14. The molecule has 2 aromatic carbocycles. The van der Waals surface area contributed by atoms with Crippen LogP contribution in [0, 0.1) is 0 Å². The van der Waals surface area contributed by atoms with Gasteiger partial charge in [-0.15, -0.1) is 0 Å². The standard InChI is InChI=1S/C19H19N3O2/c1-24-13-16-3-2-4-18(11-16)21-19(23)17-7-5-15(6-8-17)12-22-10-9-20-14-22/h2-11,14H,12-13H2,1H3,(H,21,23). The monoisotopic (exact) mass is 321 g/mol. The Morgan fingerprint density at radius 1 is 1.17 bits per heavy atom. The Bertz CT molecular complexity index is 796. The second-order valence-corrected chi connectivity index (χ2v) is 5.52. The van der Waals surface area contributed by atoms with E-state index in [2.05, 4.69) is 10.3 Å². The lowest BCUT2D eigenvalue weighted by molar-refractivity contribution is 0.102. The number of ether oxygens (including phenoxy) is 1. The van der Waals surface area contributed by atoms with Crippen LogP contribution in [-0.2, 0) is 17.9 Å². The zero-order valence-corrected chi connectivity index (χ0v) is 13.5. The van der Waals surface area contributed by atoms with E-state index in [0.29, 0.717) is 12.2 Å². The molecule has 0 aliphatic carbocycles. The lowest BCUT2D eigenvalue weighted by atomic mass is 10.1. The van der Waals surface area contributed by atoms with Crippen molar-refractivity contribution in [2.75, 3.05) is 12.4 Å². The number of carbonyl (C=O) groups is 1. The molecule has 0 spiro atoms. The van der Waals surface area contributed by atoms with Gasteiger partial charge in [0, 0.05) is 37.3 Å². The number of nitrogens with one attached hydrogen (secondary N) is 1. The maximum absolute atomic E-state index is 12.4. The number of aromatic nitrogens is 2. The Kier molecular flexibility index (Phi) is 5.03. The maximum atomic E-state index is 12.4. The Balaban J connectivity index is 1.65. The summed E-state index contributed by atoms with van der Waals surface area (Å²) in [6, 6.07) is 15.2. The Morgan fingerprint density at radius 2 is 2.00 bits per heavy atom. The highest BCUT2D eigenvalue weighted by molar-refractivity contribution is 6.04. The molecule has 1 aromatic heterocycles. The molecule has 5 heteroatoms. The van der Waals surface area contributed by atoms with Crippen molar-refractivity contribution in [3.05, 3.63) is 83.9 Å². The van der Waals surface area contributed by atoms with Gasteiger partial charge in [0.1, 0.15) is 0 Å². The summed E-state index contributed by atoms with van der Waals surface area (Å²) in [7, 11) is 1.65. The molecule has 3 aromatic rings. The average Bonchev–Trinajstić information content (AvgIpc) is 3.09. The van der Waals surface area contributed by atoms with E-state index < -0.39 is 0 Å². The molecule has 3 rings (SSSR count). The second-order valence-electron chi connectivity index (χ2n) is 5.52. The molecule has 0 aliphatic heterocycles. The molecule has 0 saturated heterocycles. The van der Waals surface area contributed by atoms with Crippen LogP contribution in [0.3, 0.4) is 0 Å². The molecular weight excluding hydrogens is 302 g/mol. The van der Waals surface area contributed by atoms with E-state index in [1.807, 2.05) is 59.3 Å². The summed E-state index contributed by atoms with van der Waals surface area (Å²) in [5.41, 5.74) is 3.52.